The van der Waals surface area contributed by atoms with Gasteiger partial charge in [0.05, 0.1) is 5.52 Å². The molecule has 0 spiro atoms. The van der Waals surface area contributed by atoms with Crippen molar-refractivity contribution >= 4 is 10.9 Å². The molecule has 0 unspecified atom stereocenters. The van der Waals surface area contributed by atoms with E-state index >= 15 is 0 Å². The van der Waals surface area contributed by atoms with Crippen molar-refractivity contribution in [2.45, 2.75) is 26.3 Å². The SMILES string of the molecule is Cc1cc(CN2CCN(CC3CCNCC3)CC2)cc2cccnc12. The van der Waals surface area contributed by atoms with Crippen LogP contribution in [-0.2, 0) is 6.54 Å². The van der Waals surface area contributed by atoms with Gasteiger partial charge in [0, 0.05) is 50.9 Å². The zero-order valence-electron chi connectivity index (χ0n) is 15.4. The fourth-order valence-corrected chi connectivity index (χ4v) is 4.36. The van der Waals surface area contributed by atoms with Gasteiger partial charge in [-0.25, -0.2) is 0 Å². The second kappa shape index (κ2) is 7.81. The van der Waals surface area contributed by atoms with Crippen molar-refractivity contribution in [1.29, 1.82) is 0 Å². The first-order chi connectivity index (χ1) is 12.3. The van der Waals surface area contributed by atoms with Crippen LogP contribution in [-0.4, -0.2) is 60.6 Å². The lowest BCUT2D eigenvalue weighted by atomic mass is 9.97. The minimum Gasteiger partial charge on any atom is -0.317 e. The number of nitrogens with one attached hydrogen (secondary N) is 1. The molecule has 2 aliphatic heterocycles. The number of piperidine rings is 1. The molecule has 3 heterocycles. The maximum absolute atomic E-state index is 4.51. The van der Waals surface area contributed by atoms with Crippen LogP contribution in [0.2, 0.25) is 0 Å². The van der Waals surface area contributed by atoms with Crippen molar-refractivity contribution in [3.63, 3.8) is 0 Å². The number of aryl methyl sites for hydroxylation is 1. The summed E-state index contributed by atoms with van der Waals surface area (Å²) in [5.74, 6) is 0.906. The molecule has 1 aromatic carbocycles. The van der Waals surface area contributed by atoms with Crippen LogP contribution in [0.5, 0.6) is 0 Å². The average Bonchev–Trinajstić information content (AvgIpc) is 2.64. The van der Waals surface area contributed by atoms with E-state index in [4.69, 9.17) is 0 Å². The summed E-state index contributed by atoms with van der Waals surface area (Å²) in [6, 6.07) is 8.84. The number of nitrogens with zero attached hydrogens (tertiary/aromatic N) is 3. The molecule has 0 saturated carbocycles. The molecular formula is C21H30N4. The lowest BCUT2D eigenvalue weighted by Crippen LogP contribution is -2.48. The van der Waals surface area contributed by atoms with Gasteiger partial charge in [-0.2, -0.15) is 0 Å². The van der Waals surface area contributed by atoms with Crippen molar-refractivity contribution in [3.05, 3.63) is 41.6 Å². The molecule has 2 aliphatic rings. The van der Waals surface area contributed by atoms with Crippen LogP contribution in [0.4, 0.5) is 0 Å². The molecule has 0 radical (unpaired) electrons. The molecular weight excluding hydrogens is 308 g/mol. The minimum absolute atomic E-state index is 0.906. The van der Waals surface area contributed by atoms with Crippen LogP contribution in [0, 0.1) is 12.8 Å². The maximum Gasteiger partial charge on any atom is 0.0731 e. The highest BCUT2D eigenvalue weighted by molar-refractivity contribution is 5.82. The standard InChI is InChI=1S/C21H30N4/c1-17-13-19(14-20-3-2-6-23-21(17)20)16-25-11-9-24(10-12-25)15-18-4-7-22-8-5-18/h2-3,6,13-14,18,22H,4-5,7-12,15-16H2,1H3. The Hall–Kier alpha value is -1.49. The Balaban J connectivity index is 1.32. The number of hydrogen-bond acceptors (Lipinski definition) is 4. The van der Waals surface area contributed by atoms with Crippen LogP contribution in [0.15, 0.2) is 30.5 Å². The van der Waals surface area contributed by atoms with Gasteiger partial charge in [-0.1, -0.05) is 12.1 Å². The van der Waals surface area contributed by atoms with Gasteiger partial charge < -0.3 is 10.2 Å². The normalized spacial score (nSPS) is 21.0. The van der Waals surface area contributed by atoms with E-state index in [0.29, 0.717) is 0 Å². The molecule has 1 N–H and O–H groups in total. The predicted molar refractivity (Wildman–Crippen MR) is 104 cm³/mol. The molecule has 134 valence electrons. The number of benzene rings is 1. The predicted octanol–water partition coefficient (Wildman–Crippen LogP) is 2.66. The van der Waals surface area contributed by atoms with Crippen molar-refractivity contribution in [1.82, 2.24) is 20.1 Å². The third kappa shape index (κ3) is 4.20. The number of aromatic nitrogens is 1. The molecule has 4 heteroatoms. The van der Waals surface area contributed by atoms with Crippen LogP contribution >= 0.6 is 0 Å². The summed E-state index contributed by atoms with van der Waals surface area (Å²) in [6.45, 7) is 11.8. The zero-order chi connectivity index (χ0) is 17.1. The smallest absolute Gasteiger partial charge is 0.0731 e. The van der Waals surface area contributed by atoms with Crippen molar-refractivity contribution in [3.8, 4) is 0 Å². The van der Waals surface area contributed by atoms with Gasteiger partial charge in [0.15, 0.2) is 0 Å². The molecule has 25 heavy (non-hydrogen) atoms. The van der Waals surface area contributed by atoms with Gasteiger partial charge in [-0.05, 0) is 62.0 Å². The van der Waals surface area contributed by atoms with E-state index in [1.54, 1.807) is 0 Å². The van der Waals surface area contributed by atoms with E-state index in [0.717, 1.165) is 18.0 Å². The minimum atomic E-state index is 0.906. The summed E-state index contributed by atoms with van der Waals surface area (Å²) in [5, 5.41) is 4.74. The Morgan fingerprint density at radius 3 is 2.64 bits per heavy atom. The summed E-state index contributed by atoms with van der Waals surface area (Å²) in [5.41, 5.74) is 3.85. The zero-order valence-corrected chi connectivity index (χ0v) is 15.4. The van der Waals surface area contributed by atoms with Crippen LogP contribution in [0.3, 0.4) is 0 Å². The molecule has 2 fully saturated rings. The molecule has 1 aromatic heterocycles. The van der Waals surface area contributed by atoms with Gasteiger partial charge in [-0.15, -0.1) is 0 Å². The molecule has 4 rings (SSSR count). The molecule has 4 nitrogen and oxygen atoms in total. The Bertz CT molecular complexity index is 700. The maximum atomic E-state index is 4.51. The molecule has 0 bridgehead atoms. The quantitative estimate of drug-likeness (QED) is 0.929. The third-order valence-electron chi connectivity index (χ3n) is 5.80. The van der Waals surface area contributed by atoms with Gasteiger partial charge in [-0.3, -0.25) is 9.88 Å². The Kier molecular flexibility index (Phi) is 5.30. The van der Waals surface area contributed by atoms with E-state index in [9.17, 15) is 0 Å². The second-order valence-corrected chi connectivity index (χ2v) is 7.76. The summed E-state index contributed by atoms with van der Waals surface area (Å²) in [7, 11) is 0. The van der Waals surface area contributed by atoms with E-state index in [-0.39, 0.29) is 0 Å². The summed E-state index contributed by atoms with van der Waals surface area (Å²) < 4.78 is 0. The lowest BCUT2D eigenvalue weighted by Gasteiger charge is -2.37. The Morgan fingerprint density at radius 2 is 1.84 bits per heavy atom. The summed E-state index contributed by atoms with van der Waals surface area (Å²) in [6.07, 6.45) is 4.59. The highest BCUT2D eigenvalue weighted by Crippen LogP contribution is 2.20. The van der Waals surface area contributed by atoms with Gasteiger partial charge in [0.1, 0.15) is 0 Å². The Morgan fingerprint density at radius 1 is 1.08 bits per heavy atom. The average molecular weight is 338 g/mol. The first-order valence-electron chi connectivity index (χ1n) is 9.77. The van der Waals surface area contributed by atoms with Gasteiger partial charge in [0.25, 0.3) is 0 Å². The number of fused-ring (bicyclic) bond motifs is 1. The highest BCUT2D eigenvalue weighted by atomic mass is 15.3. The molecule has 2 aromatic rings. The number of piperazine rings is 1. The van der Waals surface area contributed by atoms with E-state index in [1.807, 2.05) is 12.3 Å². The van der Waals surface area contributed by atoms with Crippen molar-refractivity contribution in [2.75, 3.05) is 45.8 Å². The Labute approximate surface area is 151 Å². The summed E-state index contributed by atoms with van der Waals surface area (Å²) in [4.78, 5) is 9.80. The van der Waals surface area contributed by atoms with Gasteiger partial charge in [0.2, 0.25) is 0 Å². The number of hydrogen-bond donors (Lipinski definition) is 1. The van der Waals surface area contributed by atoms with E-state index < -0.39 is 0 Å². The lowest BCUT2D eigenvalue weighted by molar-refractivity contribution is 0.107. The van der Waals surface area contributed by atoms with E-state index in [1.165, 1.54) is 75.2 Å². The highest BCUT2D eigenvalue weighted by Gasteiger charge is 2.21. The molecule has 2 saturated heterocycles. The van der Waals surface area contributed by atoms with Gasteiger partial charge >= 0.3 is 0 Å². The molecule has 0 aliphatic carbocycles. The van der Waals surface area contributed by atoms with Crippen LogP contribution in [0.25, 0.3) is 10.9 Å². The monoisotopic (exact) mass is 338 g/mol. The summed E-state index contributed by atoms with van der Waals surface area (Å²) >= 11 is 0. The first-order valence-corrected chi connectivity index (χ1v) is 9.77. The fourth-order valence-electron chi connectivity index (χ4n) is 4.36. The van der Waals surface area contributed by atoms with Crippen LogP contribution < -0.4 is 5.32 Å². The van der Waals surface area contributed by atoms with E-state index in [2.05, 4.69) is 45.2 Å². The number of pyridine rings is 1. The topological polar surface area (TPSA) is 31.4 Å². The van der Waals surface area contributed by atoms with Crippen LogP contribution in [0.1, 0.15) is 24.0 Å². The molecule has 0 atom stereocenters. The fraction of sp³-hybridized carbons (Fsp3) is 0.571. The number of rotatable bonds is 4. The largest absolute Gasteiger partial charge is 0.317 e. The van der Waals surface area contributed by atoms with Crippen molar-refractivity contribution < 1.29 is 0 Å². The first kappa shape index (κ1) is 17.0. The third-order valence-corrected chi connectivity index (χ3v) is 5.80. The molecule has 0 amide bonds. The second-order valence-electron chi connectivity index (χ2n) is 7.76. The van der Waals surface area contributed by atoms with Crippen molar-refractivity contribution in [2.24, 2.45) is 5.92 Å².